The van der Waals surface area contributed by atoms with Gasteiger partial charge in [-0.15, -0.1) is 0 Å². The molecule has 1 N–H and O–H groups in total. The highest BCUT2D eigenvalue weighted by molar-refractivity contribution is 7.91. The van der Waals surface area contributed by atoms with E-state index in [1.54, 1.807) is 7.11 Å². The van der Waals surface area contributed by atoms with E-state index in [-0.39, 0.29) is 17.6 Å². The van der Waals surface area contributed by atoms with Crippen LogP contribution in [-0.2, 0) is 36.0 Å². The molecule has 1 heterocycles. The molecule has 0 spiro atoms. The summed E-state index contributed by atoms with van der Waals surface area (Å²) in [4.78, 5) is 0. The molecule has 0 aliphatic rings. The first kappa shape index (κ1) is 40.9. The van der Waals surface area contributed by atoms with Crippen LogP contribution < -0.4 is 4.57 Å². The van der Waals surface area contributed by atoms with Gasteiger partial charge >= 0.3 is 0 Å². The largest absolute Gasteiger partial charge is 0.379 e. The van der Waals surface area contributed by atoms with Crippen molar-refractivity contribution in [3.63, 3.8) is 0 Å². The van der Waals surface area contributed by atoms with E-state index >= 15 is 0 Å². The second kappa shape index (κ2) is 27.5. The summed E-state index contributed by atoms with van der Waals surface area (Å²) in [5.74, 6) is 0.374. The number of pyridine rings is 1. The number of nitrogens with zero attached hydrogens (tertiary/aromatic N) is 1. The molecule has 1 aromatic rings. The van der Waals surface area contributed by atoms with Crippen molar-refractivity contribution in [2.24, 2.45) is 0 Å². The van der Waals surface area contributed by atoms with Crippen LogP contribution in [0.15, 0.2) is 30.6 Å². The predicted molar refractivity (Wildman–Crippen MR) is 173 cm³/mol. The molecule has 10 heteroatoms. The molecule has 0 saturated carbocycles. The maximum atomic E-state index is 12.4. The fraction of sp³-hybridized carbons (Fsp3) is 0.844. The van der Waals surface area contributed by atoms with E-state index in [0.717, 1.165) is 19.6 Å². The Morgan fingerprint density at radius 3 is 1.60 bits per heavy atom. The Labute approximate surface area is 258 Å². The summed E-state index contributed by atoms with van der Waals surface area (Å²) in [5, 5.41) is 0. The van der Waals surface area contributed by atoms with Crippen molar-refractivity contribution in [1.82, 2.24) is 0 Å². The SMILES string of the molecule is CCCCCCCCCCCCCCCCCCOCC(CCS(=O)(=O)CCC[n+]1ccccc1)OC.CS(=O)(=O)O. The number of aryl methyl sites for hydroxylation is 1. The van der Waals surface area contributed by atoms with E-state index in [2.05, 4.69) is 6.92 Å². The Bertz CT molecular complexity index is 917. The smallest absolute Gasteiger partial charge is 0.261 e. The van der Waals surface area contributed by atoms with E-state index in [0.29, 0.717) is 25.7 Å². The third-order valence-electron chi connectivity index (χ3n) is 7.18. The van der Waals surface area contributed by atoms with E-state index in [4.69, 9.17) is 14.0 Å². The van der Waals surface area contributed by atoms with Crippen LogP contribution in [0.25, 0.3) is 0 Å². The molecule has 1 atom stereocenters. The molecular formula is C32H62NO7S2+. The number of unbranched alkanes of at least 4 members (excludes halogenated alkanes) is 15. The fourth-order valence-corrected chi connectivity index (χ4v) is 6.09. The minimum absolute atomic E-state index is 0.153. The number of ether oxygens (including phenoxy) is 2. The summed E-state index contributed by atoms with van der Waals surface area (Å²) in [7, 11) is -5.10. The van der Waals surface area contributed by atoms with Crippen LogP contribution in [0.5, 0.6) is 0 Å². The van der Waals surface area contributed by atoms with Gasteiger partial charge in [0.25, 0.3) is 10.1 Å². The number of sulfone groups is 1. The molecule has 42 heavy (non-hydrogen) atoms. The molecule has 0 bridgehead atoms. The quantitative estimate of drug-likeness (QED) is 0.0631. The number of aromatic nitrogens is 1. The normalized spacial score (nSPS) is 12.6. The van der Waals surface area contributed by atoms with Gasteiger partial charge in [-0.3, -0.25) is 4.55 Å². The van der Waals surface area contributed by atoms with Crippen molar-refractivity contribution < 1.29 is 35.4 Å². The summed E-state index contributed by atoms with van der Waals surface area (Å²) >= 11 is 0. The average Bonchev–Trinajstić information content (AvgIpc) is 2.93. The Kier molecular flexibility index (Phi) is 26.8. The molecule has 1 aromatic heterocycles. The van der Waals surface area contributed by atoms with Crippen LogP contribution in [0.3, 0.4) is 0 Å². The molecule has 0 amide bonds. The lowest BCUT2D eigenvalue weighted by atomic mass is 10.0. The predicted octanol–water partition coefficient (Wildman–Crippen LogP) is 6.97. The van der Waals surface area contributed by atoms with Gasteiger partial charge in [0.2, 0.25) is 0 Å². The number of hydrogen-bond donors (Lipinski definition) is 1. The Hall–Kier alpha value is -1.07. The molecule has 248 valence electrons. The minimum Gasteiger partial charge on any atom is -0.379 e. The number of hydrogen-bond acceptors (Lipinski definition) is 6. The van der Waals surface area contributed by atoms with Crippen molar-refractivity contribution in [3.8, 4) is 0 Å². The molecule has 1 unspecified atom stereocenters. The Balaban J connectivity index is 0.00000308. The van der Waals surface area contributed by atoms with Crippen LogP contribution in [-0.4, -0.2) is 65.6 Å². The summed E-state index contributed by atoms with van der Waals surface area (Å²) in [5.41, 5.74) is 0. The second-order valence-corrected chi connectivity index (χ2v) is 15.1. The summed E-state index contributed by atoms with van der Waals surface area (Å²) < 4.78 is 63.9. The van der Waals surface area contributed by atoms with Crippen molar-refractivity contribution in [1.29, 1.82) is 0 Å². The number of rotatable bonds is 27. The van der Waals surface area contributed by atoms with Gasteiger partial charge in [0.1, 0.15) is 6.54 Å². The first-order valence-electron chi connectivity index (χ1n) is 16.2. The molecule has 0 saturated heterocycles. The molecule has 0 radical (unpaired) electrons. The third-order valence-corrected chi connectivity index (χ3v) is 8.95. The maximum absolute atomic E-state index is 12.4. The first-order valence-corrected chi connectivity index (χ1v) is 19.9. The van der Waals surface area contributed by atoms with Gasteiger partial charge in [-0.25, -0.2) is 13.0 Å². The molecule has 0 aliphatic carbocycles. The van der Waals surface area contributed by atoms with Crippen molar-refractivity contribution in [2.75, 3.05) is 38.1 Å². The van der Waals surface area contributed by atoms with E-state index in [1.807, 2.05) is 35.2 Å². The molecule has 8 nitrogen and oxygen atoms in total. The van der Waals surface area contributed by atoms with Crippen LogP contribution in [0.4, 0.5) is 0 Å². The van der Waals surface area contributed by atoms with Gasteiger partial charge < -0.3 is 9.47 Å². The van der Waals surface area contributed by atoms with Crippen molar-refractivity contribution in [3.05, 3.63) is 30.6 Å². The minimum atomic E-state index is -3.67. The van der Waals surface area contributed by atoms with E-state index in [1.165, 1.54) is 96.3 Å². The molecule has 0 aromatic carbocycles. The summed E-state index contributed by atoms with van der Waals surface area (Å²) in [6.45, 7) is 4.21. The van der Waals surface area contributed by atoms with Gasteiger partial charge in [-0.05, 0) is 12.8 Å². The zero-order valence-corrected chi connectivity index (χ0v) is 28.5. The van der Waals surface area contributed by atoms with Crippen LogP contribution in [0.2, 0.25) is 0 Å². The fourth-order valence-electron chi connectivity index (χ4n) is 4.70. The van der Waals surface area contributed by atoms with Gasteiger partial charge in [0, 0.05) is 32.3 Å². The first-order chi connectivity index (χ1) is 20.1. The molecular weight excluding hydrogens is 574 g/mol. The van der Waals surface area contributed by atoms with E-state index in [9.17, 15) is 16.8 Å². The van der Waals surface area contributed by atoms with Gasteiger partial charge in [0.05, 0.1) is 30.5 Å². The number of methoxy groups -OCH3 is 1. The average molecular weight is 637 g/mol. The van der Waals surface area contributed by atoms with Gasteiger partial charge in [-0.1, -0.05) is 109 Å². The van der Waals surface area contributed by atoms with Crippen LogP contribution >= 0.6 is 0 Å². The standard InChI is InChI=1S/C31H58NO4S.CH4O3S/c1-3-4-5-6-7-8-9-10-11-12-13-14-15-16-17-21-27-36-30-31(35-2)23-29-37(33,34)28-22-26-32-24-19-18-20-25-32;1-5(2,3)4/h18-20,24-25,31H,3-17,21-23,26-30H2,1-2H3;1H3,(H,2,3,4)/q+1;. The summed E-state index contributed by atoms with van der Waals surface area (Å²) in [6, 6.07) is 5.87. The van der Waals surface area contributed by atoms with Crippen molar-refractivity contribution in [2.45, 2.75) is 135 Å². The highest BCUT2D eigenvalue weighted by Crippen LogP contribution is 2.14. The highest BCUT2D eigenvalue weighted by Gasteiger charge is 2.16. The zero-order chi connectivity index (χ0) is 31.4. The summed E-state index contributed by atoms with van der Waals surface area (Å²) in [6.07, 6.45) is 27.4. The van der Waals surface area contributed by atoms with E-state index < -0.39 is 20.0 Å². The molecule has 0 fully saturated rings. The maximum Gasteiger partial charge on any atom is 0.261 e. The molecule has 0 aliphatic heterocycles. The third kappa shape index (κ3) is 31.9. The molecule has 1 rings (SSSR count). The second-order valence-electron chi connectivity index (χ2n) is 11.4. The van der Waals surface area contributed by atoms with Crippen LogP contribution in [0.1, 0.15) is 122 Å². The van der Waals surface area contributed by atoms with Gasteiger partial charge in [-0.2, -0.15) is 8.42 Å². The zero-order valence-electron chi connectivity index (χ0n) is 26.9. The lowest BCUT2D eigenvalue weighted by Crippen LogP contribution is -2.33. The lowest BCUT2D eigenvalue weighted by molar-refractivity contribution is -0.696. The lowest BCUT2D eigenvalue weighted by Gasteiger charge is -2.15. The topological polar surface area (TPSA) is 111 Å². The van der Waals surface area contributed by atoms with Gasteiger partial charge in [0.15, 0.2) is 22.2 Å². The highest BCUT2D eigenvalue weighted by atomic mass is 32.2. The Morgan fingerprint density at radius 2 is 1.14 bits per heavy atom. The Morgan fingerprint density at radius 1 is 0.690 bits per heavy atom. The van der Waals surface area contributed by atoms with Crippen molar-refractivity contribution >= 4 is 20.0 Å². The van der Waals surface area contributed by atoms with Crippen LogP contribution in [0, 0.1) is 0 Å². The monoisotopic (exact) mass is 636 g/mol.